The van der Waals surface area contributed by atoms with E-state index in [9.17, 15) is 9.59 Å². The first kappa shape index (κ1) is 18.2. The molecule has 0 saturated heterocycles. The second-order valence-electron chi connectivity index (χ2n) is 7.50. The maximum Gasteiger partial charge on any atom is 0.238 e. The Morgan fingerprint density at radius 2 is 1.73 bits per heavy atom. The summed E-state index contributed by atoms with van der Waals surface area (Å²) in [6.07, 6.45) is 0.678. The van der Waals surface area contributed by atoms with Crippen molar-refractivity contribution in [3.8, 4) is 0 Å². The number of fused-ring (bicyclic) bond motifs is 1. The topological polar surface area (TPSA) is 49.4 Å². The molecule has 0 radical (unpaired) electrons. The van der Waals surface area contributed by atoms with Crippen LogP contribution in [0.5, 0.6) is 0 Å². The third-order valence-electron chi connectivity index (χ3n) is 5.01. The number of hydrogen-bond donors (Lipinski definition) is 1. The summed E-state index contributed by atoms with van der Waals surface area (Å²) in [5.74, 6) is 0.286. The van der Waals surface area contributed by atoms with Gasteiger partial charge in [-0.1, -0.05) is 62.4 Å². The number of carbonyl (C=O) groups is 2. The molecule has 3 rings (SSSR count). The molecule has 1 atom stereocenters. The van der Waals surface area contributed by atoms with Crippen LogP contribution in [0, 0.1) is 5.92 Å². The highest BCUT2D eigenvalue weighted by Crippen LogP contribution is 2.45. The summed E-state index contributed by atoms with van der Waals surface area (Å²) in [6.45, 7) is 4.74. The molecule has 4 heteroatoms. The van der Waals surface area contributed by atoms with Crippen molar-refractivity contribution < 1.29 is 9.59 Å². The first-order valence-electron chi connectivity index (χ1n) is 9.12. The van der Waals surface area contributed by atoms with Crippen LogP contribution in [0.3, 0.4) is 0 Å². The number of benzene rings is 2. The number of carbonyl (C=O) groups excluding carboxylic acids is 2. The molecule has 4 nitrogen and oxygen atoms in total. The summed E-state index contributed by atoms with van der Waals surface area (Å²) in [5.41, 5.74) is 2.04. The van der Waals surface area contributed by atoms with Crippen molar-refractivity contribution >= 4 is 17.5 Å². The average molecular weight is 350 g/mol. The molecule has 0 saturated carbocycles. The van der Waals surface area contributed by atoms with Crippen molar-refractivity contribution in [3.05, 3.63) is 65.7 Å². The molecular formula is C22H26N2O2. The number of amides is 2. The molecule has 2 amide bonds. The van der Waals surface area contributed by atoms with Gasteiger partial charge < -0.3 is 10.2 Å². The van der Waals surface area contributed by atoms with Crippen molar-refractivity contribution in [2.45, 2.75) is 32.1 Å². The van der Waals surface area contributed by atoms with E-state index < -0.39 is 5.41 Å². The van der Waals surface area contributed by atoms with E-state index in [1.807, 2.05) is 54.6 Å². The van der Waals surface area contributed by atoms with E-state index in [1.54, 1.807) is 11.9 Å². The first-order chi connectivity index (χ1) is 12.4. The van der Waals surface area contributed by atoms with Gasteiger partial charge in [0.2, 0.25) is 11.8 Å². The molecule has 0 unspecified atom stereocenters. The van der Waals surface area contributed by atoms with Gasteiger partial charge in [0.05, 0.1) is 5.41 Å². The smallest absolute Gasteiger partial charge is 0.238 e. The molecule has 0 bridgehead atoms. The summed E-state index contributed by atoms with van der Waals surface area (Å²) in [7, 11) is 1.79. The van der Waals surface area contributed by atoms with E-state index in [-0.39, 0.29) is 18.2 Å². The Labute approximate surface area is 155 Å². The molecule has 1 aliphatic heterocycles. The Morgan fingerprint density at radius 1 is 1.08 bits per heavy atom. The van der Waals surface area contributed by atoms with Crippen molar-refractivity contribution in [2.75, 3.05) is 18.5 Å². The molecule has 1 heterocycles. The Hall–Kier alpha value is -2.62. The lowest BCUT2D eigenvalue weighted by Gasteiger charge is -2.28. The van der Waals surface area contributed by atoms with Gasteiger partial charge in [-0.2, -0.15) is 0 Å². The average Bonchev–Trinajstić information content (AvgIpc) is 2.84. The number of likely N-dealkylation sites (N-methyl/N-ethyl adjacent to an activating group) is 1. The van der Waals surface area contributed by atoms with E-state index in [1.165, 1.54) is 0 Å². The third-order valence-corrected chi connectivity index (χ3v) is 5.01. The summed E-state index contributed by atoms with van der Waals surface area (Å²) >= 11 is 0. The molecule has 0 spiro atoms. The minimum absolute atomic E-state index is 0.0118. The molecule has 136 valence electrons. The molecule has 1 N–H and O–H groups in total. The predicted molar refractivity (Wildman–Crippen MR) is 104 cm³/mol. The Kier molecular flexibility index (Phi) is 5.12. The standard InChI is InChI=1S/C22H26N2O2/c1-16(2)15-23-20(25)14-22(13-17-9-5-4-6-10-17)18-11-7-8-12-19(18)24(3)21(22)26/h4-12,16H,13-15H2,1-3H3,(H,23,25)/t22-/m0/s1. The van der Waals surface area contributed by atoms with Crippen LogP contribution in [-0.2, 0) is 21.4 Å². The fourth-order valence-electron chi connectivity index (χ4n) is 3.72. The SMILES string of the molecule is CC(C)CNC(=O)C[C@]1(Cc2ccccc2)C(=O)N(C)c2ccccc21. The van der Waals surface area contributed by atoms with Gasteiger partial charge >= 0.3 is 0 Å². The highest BCUT2D eigenvalue weighted by Gasteiger charge is 2.50. The lowest BCUT2D eigenvalue weighted by Crippen LogP contribution is -2.44. The van der Waals surface area contributed by atoms with Crippen LogP contribution in [0.2, 0.25) is 0 Å². The Morgan fingerprint density at radius 3 is 2.42 bits per heavy atom. The van der Waals surface area contributed by atoms with Crippen LogP contribution >= 0.6 is 0 Å². The normalized spacial score (nSPS) is 18.9. The van der Waals surface area contributed by atoms with E-state index in [0.29, 0.717) is 18.9 Å². The molecule has 26 heavy (non-hydrogen) atoms. The number of nitrogens with one attached hydrogen (secondary N) is 1. The van der Waals surface area contributed by atoms with Crippen LogP contribution in [0.25, 0.3) is 0 Å². The maximum atomic E-state index is 13.3. The second kappa shape index (κ2) is 7.32. The monoisotopic (exact) mass is 350 g/mol. The predicted octanol–water partition coefficient (Wildman–Crippen LogP) is 3.31. The van der Waals surface area contributed by atoms with Gasteiger partial charge in [-0.25, -0.2) is 0 Å². The Balaban J connectivity index is 2.00. The number of hydrogen-bond acceptors (Lipinski definition) is 2. The second-order valence-corrected chi connectivity index (χ2v) is 7.50. The molecule has 0 fully saturated rings. The van der Waals surface area contributed by atoms with Gasteiger partial charge in [-0.3, -0.25) is 9.59 Å². The van der Waals surface area contributed by atoms with Crippen LogP contribution in [-0.4, -0.2) is 25.4 Å². The highest BCUT2D eigenvalue weighted by atomic mass is 16.2. The van der Waals surface area contributed by atoms with Crippen LogP contribution in [0.4, 0.5) is 5.69 Å². The lowest BCUT2D eigenvalue weighted by atomic mass is 9.73. The van der Waals surface area contributed by atoms with Crippen molar-refractivity contribution in [1.82, 2.24) is 5.32 Å². The maximum absolute atomic E-state index is 13.3. The fourth-order valence-corrected chi connectivity index (χ4v) is 3.72. The fraction of sp³-hybridized carbons (Fsp3) is 0.364. The van der Waals surface area contributed by atoms with Gasteiger partial charge in [0.1, 0.15) is 0 Å². The number of nitrogens with zero attached hydrogens (tertiary/aromatic N) is 1. The summed E-state index contributed by atoms with van der Waals surface area (Å²) < 4.78 is 0. The van der Waals surface area contributed by atoms with Gasteiger partial charge in [0.25, 0.3) is 0 Å². The number of para-hydroxylation sites is 1. The van der Waals surface area contributed by atoms with E-state index in [0.717, 1.165) is 16.8 Å². The zero-order valence-corrected chi connectivity index (χ0v) is 15.7. The van der Waals surface area contributed by atoms with E-state index in [4.69, 9.17) is 0 Å². The van der Waals surface area contributed by atoms with E-state index >= 15 is 0 Å². The quantitative estimate of drug-likeness (QED) is 0.869. The first-order valence-corrected chi connectivity index (χ1v) is 9.12. The van der Waals surface area contributed by atoms with Crippen LogP contribution in [0.15, 0.2) is 54.6 Å². The van der Waals surface area contributed by atoms with Crippen LogP contribution in [0.1, 0.15) is 31.4 Å². The number of anilines is 1. The van der Waals surface area contributed by atoms with Gasteiger partial charge in [-0.15, -0.1) is 0 Å². The molecule has 2 aromatic rings. The summed E-state index contributed by atoms with van der Waals surface area (Å²) in [6, 6.07) is 17.7. The Bertz CT molecular complexity index is 801. The number of rotatable bonds is 6. The van der Waals surface area contributed by atoms with Crippen molar-refractivity contribution in [3.63, 3.8) is 0 Å². The van der Waals surface area contributed by atoms with Gasteiger partial charge in [0, 0.05) is 25.7 Å². The summed E-state index contributed by atoms with van der Waals surface area (Å²) in [5, 5.41) is 2.98. The summed E-state index contributed by atoms with van der Waals surface area (Å²) in [4.78, 5) is 27.7. The molecular weight excluding hydrogens is 324 g/mol. The molecule has 0 aromatic heterocycles. The lowest BCUT2D eigenvalue weighted by molar-refractivity contribution is -0.129. The van der Waals surface area contributed by atoms with E-state index in [2.05, 4.69) is 19.2 Å². The third kappa shape index (κ3) is 3.36. The zero-order chi connectivity index (χ0) is 18.7. The van der Waals surface area contributed by atoms with Crippen molar-refractivity contribution in [1.29, 1.82) is 0 Å². The van der Waals surface area contributed by atoms with Crippen molar-refractivity contribution in [2.24, 2.45) is 5.92 Å². The van der Waals surface area contributed by atoms with Crippen LogP contribution < -0.4 is 10.2 Å². The van der Waals surface area contributed by atoms with Gasteiger partial charge in [-0.05, 0) is 29.5 Å². The minimum atomic E-state index is -0.853. The largest absolute Gasteiger partial charge is 0.356 e. The highest BCUT2D eigenvalue weighted by molar-refractivity contribution is 6.09. The minimum Gasteiger partial charge on any atom is -0.356 e. The zero-order valence-electron chi connectivity index (χ0n) is 15.7. The molecule has 0 aliphatic carbocycles. The van der Waals surface area contributed by atoms with Gasteiger partial charge in [0.15, 0.2) is 0 Å². The molecule has 1 aliphatic rings. The molecule has 2 aromatic carbocycles.